The van der Waals surface area contributed by atoms with Gasteiger partial charge in [0.1, 0.15) is 23.5 Å². The van der Waals surface area contributed by atoms with Crippen LogP contribution < -0.4 is 20.7 Å². The van der Waals surface area contributed by atoms with Gasteiger partial charge in [0.2, 0.25) is 0 Å². The Hall–Kier alpha value is -4.47. The molecular formula is C23H23N5O5. The second-order valence-electron chi connectivity index (χ2n) is 6.82. The number of methoxy groups -OCH3 is 2. The first-order valence-electron chi connectivity index (χ1n) is 9.94. The minimum atomic E-state index is -0.567. The van der Waals surface area contributed by atoms with Crippen molar-refractivity contribution >= 4 is 23.6 Å². The van der Waals surface area contributed by atoms with Gasteiger partial charge in [0.15, 0.2) is 0 Å². The monoisotopic (exact) mass is 449 g/mol. The highest BCUT2D eigenvalue weighted by Crippen LogP contribution is 2.13. The van der Waals surface area contributed by atoms with Crippen LogP contribution in [0.4, 0.5) is 10.5 Å². The number of hydrogen-bond acceptors (Lipinski definition) is 7. The van der Waals surface area contributed by atoms with E-state index in [0.29, 0.717) is 11.4 Å². The molecule has 0 aliphatic carbocycles. The molecule has 170 valence electrons. The highest BCUT2D eigenvalue weighted by Gasteiger charge is 2.13. The largest absolute Gasteiger partial charge is 0.497 e. The van der Waals surface area contributed by atoms with Crippen LogP contribution in [-0.2, 0) is 17.8 Å². The Bertz CT molecular complexity index is 1130. The zero-order valence-electron chi connectivity index (χ0n) is 18.1. The maximum atomic E-state index is 12.5. The normalized spacial score (nSPS) is 10.1. The lowest BCUT2D eigenvalue weighted by Crippen LogP contribution is -2.27. The summed E-state index contributed by atoms with van der Waals surface area (Å²) in [5.41, 5.74) is 2.39. The summed E-state index contributed by atoms with van der Waals surface area (Å²) in [6, 6.07) is 15.5. The van der Waals surface area contributed by atoms with Crippen molar-refractivity contribution in [1.82, 2.24) is 20.6 Å². The van der Waals surface area contributed by atoms with E-state index in [9.17, 15) is 14.4 Å². The highest BCUT2D eigenvalue weighted by molar-refractivity contribution is 5.97. The van der Waals surface area contributed by atoms with Crippen LogP contribution in [0.2, 0.25) is 0 Å². The SMILES string of the molecule is COC(=O)Nc1ccc(CNC(=O)c2cc(C(=O)NCc3cccc(OC)c3)ncn2)cc1. The van der Waals surface area contributed by atoms with Crippen LogP contribution in [0.3, 0.4) is 0 Å². The molecule has 2 aromatic carbocycles. The molecule has 0 fully saturated rings. The summed E-state index contributed by atoms with van der Waals surface area (Å²) in [6.45, 7) is 0.515. The van der Waals surface area contributed by atoms with Gasteiger partial charge in [-0.05, 0) is 35.4 Å². The molecule has 1 heterocycles. The van der Waals surface area contributed by atoms with Crippen molar-refractivity contribution in [1.29, 1.82) is 0 Å². The molecule has 0 saturated carbocycles. The van der Waals surface area contributed by atoms with Crippen molar-refractivity contribution in [3.8, 4) is 5.75 Å². The maximum absolute atomic E-state index is 12.5. The number of nitrogens with zero attached hydrogens (tertiary/aromatic N) is 2. The smallest absolute Gasteiger partial charge is 0.411 e. The van der Waals surface area contributed by atoms with Crippen LogP contribution in [0.25, 0.3) is 0 Å². The van der Waals surface area contributed by atoms with Crippen molar-refractivity contribution in [3.63, 3.8) is 0 Å². The molecule has 0 bridgehead atoms. The van der Waals surface area contributed by atoms with E-state index in [-0.39, 0.29) is 24.5 Å². The number of anilines is 1. The van der Waals surface area contributed by atoms with Crippen LogP contribution in [0.15, 0.2) is 60.9 Å². The molecule has 0 aliphatic heterocycles. The Morgan fingerprint density at radius 3 is 2.06 bits per heavy atom. The number of ether oxygens (including phenoxy) is 2. The van der Waals surface area contributed by atoms with Gasteiger partial charge in [-0.3, -0.25) is 14.9 Å². The summed E-state index contributed by atoms with van der Waals surface area (Å²) in [4.78, 5) is 44.0. The molecule has 1 aromatic heterocycles. The third-order valence-electron chi connectivity index (χ3n) is 4.56. The summed E-state index contributed by atoms with van der Waals surface area (Å²) in [5.74, 6) is -0.184. The van der Waals surface area contributed by atoms with E-state index in [1.165, 1.54) is 19.5 Å². The quantitative estimate of drug-likeness (QED) is 0.481. The van der Waals surface area contributed by atoms with Crippen molar-refractivity contribution < 1.29 is 23.9 Å². The average Bonchev–Trinajstić information content (AvgIpc) is 2.86. The van der Waals surface area contributed by atoms with E-state index in [1.807, 2.05) is 24.3 Å². The van der Waals surface area contributed by atoms with Crippen LogP contribution in [0.5, 0.6) is 5.75 Å². The van der Waals surface area contributed by atoms with E-state index < -0.39 is 17.9 Å². The third-order valence-corrected chi connectivity index (χ3v) is 4.56. The molecular weight excluding hydrogens is 426 g/mol. The molecule has 0 radical (unpaired) electrons. The van der Waals surface area contributed by atoms with Crippen molar-refractivity contribution in [2.45, 2.75) is 13.1 Å². The molecule has 0 saturated heterocycles. The molecule has 0 unspecified atom stereocenters. The van der Waals surface area contributed by atoms with E-state index in [1.54, 1.807) is 31.4 Å². The lowest BCUT2D eigenvalue weighted by atomic mass is 10.2. The standard InChI is InChI=1S/C23H23N5O5/c1-32-18-5-3-4-16(10-18)13-25-22(30)20-11-19(26-14-27-20)21(29)24-12-15-6-8-17(9-7-15)28-23(31)33-2/h3-11,14H,12-13H2,1-2H3,(H,24,29)(H,25,30)(H,28,31). The minimum Gasteiger partial charge on any atom is -0.497 e. The second-order valence-corrected chi connectivity index (χ2v) is 6.82. The van der Waals surface area contributed by atoms with Crippen LogP contribution >= 0.6 is 0 Å². The number of carbonyl (C=O) groups excluding carboxylic acids is 3. The van der Waals surface area contributed by atoms with Crippen LogP contribution in [0.1, 0.15) is 32.1 Å². The third kappa shape index (κ3) is 6.76. The van der Waals surface area contributed by atoms with Crippen molar-refractivity contribution in [2.75, 3.05) is 19.5 Å². The van der Waals surface area contributed by atoms with Gasteiger partial charge < -0.3 is 20.1 Å². The molecule has 0 spiro atoms. The number of carbonyl (C=O) groups is 3. The molecule has 0 atom stereocenters. The van der Waals surface area contributed by atoms with Crippen molar-refractivity contribution in [2.24, 2.45) is 0 Å². The molecule has 3 amide bonds. The Morgan fingerprint density at radius 1 is 0.818 bits per heavy atom. The summed E-state index contributed by atoms with van der Waals surface area (Å²) in [7, 11) is 2.85. The van der Waals surface area contributed by atoms with Gasteiger partial charge in [-0.15, -0.1) is 0 Å². The van der Waals surface area contributed by atoms with Gasteiger partial charge in [0.05, 0.1) is 14.2 Å². The summed E-state index contributed by atoms with van der Waals surface area (Å²) in [6.07, 6.45) is 0.603. The Labute approximate surface area is 190 Å². The number of amides is 3. The Morgan fingerprint density at radius 2 is 1.45 bits per heavy atom. The number of hydrogen-bond donors (Lipinski definition) is 3. The first kappa shape index (κ1) is 23.2. The van der Waals surface area contributed by atoms with E-state index in [4.69, 9.17) is 4.74 Å². The van der Waals surface area contributed by atoms with Crippen molar-refractivity contribution in [3.05, 3.63) is 83.4 Å². The number of nitrogens with one attached hydrogen (secondary N) is 3. The van der Waals surface area contributed by atoms with E-state index in [2.05, 4.69) is 30.7 Å². The lowest BCUT2D eigenvalue weighted by Gasteiger charge is -2.08. The fraction of sp³-hybridized carbons (Fsp3) is 0.174. The number of rotatable bonds is 8. The van der Waals surface area contributed by atoms with Gasteiger partial charge in [-0.25, -0.2) is 14.8 Å². The molecule has 3 aromatic rings. The Balaban J connectivity index is 1.55. The number of aromatic nitrogens is 2. The molecule has 3 N–H and O–H groups in total. The van der Waals surface area contributed by atoms with E-state index in [0.717, 1.165) is 11.1 Å². The first-order valence-corrected chi connectivity index (χ1v) is 9.94. The molecule has 0 aliphatic rings. The lowest BCUT2D eigenvalue weighted by molar-refractivity contribution is 0.0944. The predicted molar refractivity (Wildman–Crippen MR) is 120 cm³/mol. The Kier molecular flexibility index (Phi) is 7.90. The summed E-state index contributed by atoms with van der Waals surface area (Å²) < 4.78 is 9.70. The average molecular weight is 449 g/mol. The molecule has 33 heavy (non-hydrogen) atoms. The fourth-order valence-electron chi connectivity index (χ4n) is 2.81. The van der Waals surface area contributed by atoms with Crippen LogP contribution in [-0.4, -0.2) is 42.1 Å². The molecule has 10 nitrogen and oxygen atoms in total. The zero-order chi connectivity index (χ0) is 23.6. The topological polar surface area (TPSA) is 132 Å². The van der Waals surface area contributed by atoms with Gasteiger partial charge in [-0.2, -0.15) is 0 Å². The van der Waals surface area contributed by atoms with E-state index >= 15 is 0 Å². The maximum Gasteiger partial charge on any atom is 0.411 e. The molecule has 3 rings (SSSR count). The van der Waals surface area contributed by atoms with Crippen LogP contribution in [0, 0.1) is 0 Å². The van der Waals surface area contributed by atoms with Gasteiger partial charge in [0.25, 0.3) is 11.8 Å². The molecule has 10 heteroatoms. The van der Waals surface area contributed by atoms with Gasteiger partial charge in [-0.1, -0.05) is 24.3 Å². The van der Waals surface area contributed by atoms with Gasteiger partial charge in [0, 0.05) is 24.8 Å². The minimum absolute atomic E-state index is 0.0699. The van der Waals surface area contributed by atoms with Gasteiger partial charge >= 0.3 is 6.09 Å². The highest BCUT2D eigenvalue weighted by atomic mass is 16.5. The first-order chi connectivity index (χ1) is 16.0. The number of benzene rings is 2. The predicted octanol–water partition coefficient (Wildman–Crippen LogP) is 2.52. The zero-order valence-corrected chi connectivity index (χ0v) is 18.1. The fourth-order valence-corrected chi connectivity index (χ4v) is 2.81. The summed E-state index contributed by atoms with van der Waals surface area (Å²) in [5, 5.41) is 8.04. The second kappa shape index (κ2) is 11.2. The summed E-state index contributed by atoms with van der Waals surface area (Å²) >= 11 is 0.